The van der Waals surface area contributed by atoms with E-state index in [0.717, 1.165) is 42.8 Å². The third kappa shape index (κ3) is 4.12. The Balaban J connectivity index is 1.23. The van der Waals surface area contributed by atoms with Gasteiger partial charge in [-0.25, -0.2) is 9.97 Å². The Kier molecular flexibility index (Phi) is 5.22. The molecule has 10 heteroatoms. The lowest BCUT2D eigenvalue weighted by Gasteiger charge is -2.30. The third-order valence-electron chi connectivity index (χ3n) is 6.21. The molecule has 4 aromatic rings. The molecule has 0 bridgehead atoms. The maximum atomic E-state index is 13.0. The molecule has 4 heterocycles. The van der Waals surface area contributed by atoms with Crippen LogP contribution < -0.4 is 10.6 Å². The predicted octanol–water partition coefficient (Wildman–Crippen LogP) is 4.69. The number of halogens is 3. The van der Waals surface area contributed by atoms with Gasteiger partial charge in [0, 0.05) is 36.1 Å². The zero-order chi connectivity index (χ0) is 23.2. The number of hydrogen-bond acceptors (Lipinski definition) is 4. The van der Waals surface area contributed by atoms with Gasteiger partial charge in [-0.2, -0.15) is 13.2 Å². The molecule has 0 atom stereocenters. The molecule has 0 radical (unpaired) electrons. The molecule has 0 aromatic carbocycles. The lowest BCUT2D eigenvalue weighted by atomic mass is 9.91. The van der Waals surface area contributed by atoms with E-state index in [2.05, 4.69) is 25.6 Å². The number of anilines is 1. The molecule has 1 fully saturated rings. The molecule has 1 aliphatic rings. The standard InChI is InChI=1S/C23H23F3N6O/c1-13-11-28-21-20(13)16(9-10-27-21)22(33)30-15-7-5-14(6-8-15)29-18-3-2-4-19-31-17(12-32(18)19)23(24,25)26/h2-4,9-12,14-15,29H,5-8H2,1H3,(H,27,28)(H,30,33)/t14-,15+. The van der Waals surface area contributed by atoms with Gasteiger partial charge in [-0.1, -0.05) is 6.07 Å². The molecule has 3 N–H and O–H groups in total. The number of imidazole rings is 1. The van der Waals surface area contributed by atoms with Gasteiger partial charge in [-0.3, -0.25) is 9.20 Å². The van der Waals surface area contributed by atoms with Crippen molar-refractivity contribution in [1.29, 1.82) is 0 Å². The van der Waals surface area contributed by atoms with Crippen molar-refractivity contribution in [3.8, 4) is 0 Å². The summed E-state index contributed by atoms with van der Waals surface area (Å²) in [5.41, 5.74) is 1.60. The van der Waals surface area contributed by atoms with Crippen molar-refractivity contribution >= 4 is 28.4 Å². The molecular weight excluding hydrogens is 433 g/mol. The van der Waals surface area contributed by atoms with Gasteiger partial charge in [0.25, 0.3) is 5.91 Å². The van der Waals surface area contributed by atoms with Gasteiger partial charge < -0.3 is 15.6 Å². The Labute approximate surface area is 187 Å². The number of fused-ring (bicyclic) bond motifs is 2. The van der Waals surface area contributed by atoms with E-state index in [9.17, 15) is 18.0 Å². The average molecular weight is 456 g/mol. The number of alkyl halides is 3. The van der Waals surface area contributed by atoms with E-state index in [0.29, 0.717) is 17.0 Å². The van der Waals surface area contributed by atoms with Gasteiger partial charge in [0.1, 0.15) is 17.1 Å². The van der Waals surface area contributed by atoms with E-state index in [1.165, 1.54) is 4.40 Å². The van der Waals surface area contributed by atoms with Gasteiger partial charge in [0.15, 0.2) is 5.69 Å². The van der Waals surface area contributed by atoms with Crippen LogP contribution in [0.25, 0.3) is 16.7 Å². The summed E-state index contributed by atoms with van der Waals surface area (Å²) in [7, 11) is 0. The van der Waals surface area contributed by atoms with E-state index in [1.54, 1.807) is 30.5 Å². The molecular formula is C23H23F3N6O. The Morgan fingerprint density at radius 1 is 1.15 bits per heavy atom. The van der Waals surface area contributed by atoms with E-state index < -0.39 is 11.9 Å². The fraction of sp³-hybridized carbons (Fsp3) is 0.348. The highest BCUT2D eigenvalue weighted by molar-refractivity contribution is 6.06. The maximum Gasteiger partial charge on any atom is 0.434 e. The number of aryl methyl sites for hydroxylation is 1. The van der Waals surface area contributed by atoms with Crippen LogP contribution in [0, 0.1) is 6.92 Å². The Morgan fingerprint density at radius 2 is 1.91 bits per heavy atom. The highest BCUT2D eigenvalue weighted by atomic mass is 19.4. The number of rotatable bonds is 4. The quantitative estimate of drug-likeness (QED) is 0.416. The highest BCUT2D eigenvalue weighted by Gasteiger charge is 2.34. The van der Waals surface area contributed by atoms with Crippen molar-refractivity contribution in [2.75, 3.05) is 5.32 Å². The van der Waals surface area contributed by atoms with Crippen molar-refractivity contribution in [3.63, 3.8) is 0 Å². The molecule has 1 aliphatic carbocycles. The zero-order valence-electron chi connectivity index (χ0n) is 17.9. The van der Waals surface area contributed by atoms with Crippen molar-refractivity contribution < 1.29 is 18.0 Å². The first-order valence-electron chi connectivity index (χ1n) is 10.8. The highest BCUT2D eigenvalue weighted by Crippen LogP contribution is 2.30. The number of aromatic amines is 1. The minimum absolute atomic E-state index is 0.0406. The molecule has 1 amide bonds. The summed E-state index contributed by atoms with van der Waals surface area (Å²) in [6.07, 6.45) is 3.11. The third-order valence-corrected chi connectivity index (χ3v) is 6.21. The summed E-state index contributed by atoms with van der Waals surface area (Å²) in [6, 6.07) is 6.85. The number of pyridine rings is 2. The second-order valence-electron chi connectivity index (χ2n) is 8.48. The number of carbonyl (C=O) groups excluding carboxylic acids is 1. The lowest BCUT2D eigenvalue weighted by molar-refractivity contribution is -0.140. The van der Waals surface area contributed by atoms with Crippen molar-refractivity contribution in [2.24, 2.45) is 0 Å². The largest absolute Gasteiger partial charge is 0.434 e. The summed E-state index contributed by atoms with van der Waals surface area (Å²) in [5.74, 6) is 0.453. The first-order valence-corrected chi connectivity index (χ1v) is 10.8. The van der Waals surface area contributed by atoms with Crippen molar-refractivity contribution in [1.82, 2.24) is 24.7 Å². The van der Waals surface area contributed by atoms with E-state index in [4.69, 9.17) is 0 Å². The smallest absolute Gasteiger partial charge is 0.368 e. The normalized spacial score (nSPS) is 19.2. The summed E-state index contributed by atoms with van der Waals surface area (Å²) in [5, 5.41) is 7.31. The molecule has 172 valence electrons. The zero-order valence-corrected chi connectivity index (χ0v) is 17.9. The van der Waals surface area contributed by atoms with Crippen LogP contribution in [-0.2, 0) is 6.18 Å². The fourth-order valence-corrected chi connectivity index (χ4v) is 4.53. The van der Waals surface area contributed by atoms with Crippen LogP contribution in [-0.4, -0.2) is 37.3 Å². The Bertz CT molecular complexity index is 1320. The van der Waals surface area contributed by atoms with Crippen LogP contribution in [0.4, 0.5) is 19.0 Å². The number of nitrogens with zero attached hydrogens (tertiary/aromatic N) is 3. The molecule has 1 saturated carbocycles. The number of H-pyrrole nitrogens is 1. The Hall–Kier alpha value is -3.56. The Morgan fingerprint density at radius 3 is 2.67 bits per heavy atom. The summed E-state index contributed by atoms with van der Waals surface area (Å²) in [4.78, 5) is 23.9. The molecule has 0 spiro atoms. The monoisotopic (exact) mass is 456 g/mol. The first-order chi connectivity index (χ1) is 15.8. The van der Waals surface area contributed by atoms with Crippen LogP contribution >= 0.6 is 0 Å². The average Bonchev–Trinajstić information content (AvgIpc) is 3.40. The van der Waals surface area contributed by atoms with Gasteiger partial charge in [0.05, 0.1) is 5.56 Å². The van der Waals surface area contributed by atoms with Gasteiger partial charge in [-0.05, 0) is 56.4 Å². The van der Waals surface area contributed by atoms with Gasteiger partial charge >= 0.3 is 6.18 Å². The van der Waals surface area contributed by atoms with Crippen LogP contribution in [0.3, 0.4) is 0 Å². The molecule has 5 rings (SSSR count). The summed E-state index contributed by atoms with van der Waals surface area (Å²) < 4.78 is 40.6. The number of nitrogens with one attached hydrogen (secondary N) is 3. The number of aromatic nitrogens is 4. The molecule has 7 nitrogen and oxygen atoms in total. The maximum absolute atomic E-state index is 13.0. The first kappa shape index (κ1) is 21.3. The second kappa shape index (κ2) is 8.09. The van der Waals surface area contributed by atoms with Crippen LogP contribution in [0.15, 0.2) is 42.9 Å². The summed E-state index contributed by atoms with van der Waals surface area (Å²) >= 11 is 0. The minimum atomic E-state index is -4.49. The molecule has 0 unspecified atom stereocenters. The summed E-state index contributed by atoms with van der Waals surface area (Å²) in [6.45, 7) is 1.94. The van der Waals surface area contributed by atoms with Crippen molar-refractivity contribution in [2.45, 2.75) is 50.9 Å². The molecule has 0 aliphatic heterocycles. The van der Waals surface area contributed by atoms with Crippen LogP contribution in [0.2, 0.25) is 0 Å². The predicted molar refractivity (Wildman–Crippen MR) is 118 cm³/mol. The lowest BCUT2D eigenvalue weighted by Crippen LogP contribution is -2.40. The fourth-order valence-electron chi connectivity index (χ4n) is 4.53. The van der Waals surface area contributed by atoms with Gasteiger partial charge in [-0.15, -0.1) is 0 Å². The number of amides is 1. The van der Waals surface area contributed by atoms with E-state index in [1.807, 2.05) is 13.1 Å². The van der Waals surface area contributed by atoms with Crippen LogP contribution in [0.1, 0.15) is 47.3 Å². The van der Waals surface area contributed by atoms with Crippen molar-refractivity contribution in [3.05, 3.63) is 59.7 Å². The van der Waals surface area contributed by atoms with Crippen LogP contribution in [0.5, 0.6) is 0 Å². The second-order valence-corrected chi connectivity index (χ2v) is 8.48. The van der Waals surface area contributed by atoms with E-state index >= 15 is 0 Å². The molecule has 4 aromatic heterocycles. The minimum Gasteiger partial charge on any atom is -0.368 e. The van der Waals surface area contributed by atoms with E-state index in [-0.39, 0.29) is 23.6 Å². The molecule has 33 heavy (non-hydrogen) atoms. The molecule has 0 saturated heterocycles. The SMILES string of the molecule is Cc1c[nH]c2nccc(C(=O)N[C@H]3CC[C@@H](Nc4cccc5nc(C(F)(F)F)cn45)CC3)c12. The topological polar surface area (TPSA) is 87.1 Å². The number of carbonyl (C=O) groups is 1. The number of hydrogen-bond donors (Lipinski definition) is 3. The van der Waals surface area contributed by atoms with Gasteiger partial charge in [0.2, 0.25) is 0 Å².